The van der Waals surface area contributed by atoms with Crippen molar-refractivity contribution in [2.75, 3.05) is 19.7 Å². The standard InChI is InChI=1S/C14H17F3N2O2S/c15-14(16,17)2-1-12-18-8(7-22-12)3-13(21)19-4-9-10(5-19)11(9)6-20/h7,9-11,20H,1-6H2/t9-,10+,11?. The minimum atomic E-state index is -4.18. The van der Waals surface area contributed by atoms with Crippen LogP contribution in [0.25, 0.3) is 0 Å². The number of aromatic nitrogens is 1. The predicted molar refractivity (Wildman–Crippen MR) is 74.3 cm³/mol. The molecule has 0 spiro atoms. The molecule has 0 aromatic carbocycles. The molecule has 1 N–H and O–H groups in total. The Morgan fingerprint density at radius 3 is 2.68 bits per heavy atom. The van der Waals surface area contributed by atoms with Gasteiger partial charge in [-0.05, 0) is 17.8 Å². The lowest BCUT2D eigenvalue weighted by Gasteiger charge is -2.18. The molecule has 1 saturated carbocycles. The number of alkyl halides is 3. The van der Waals surface area contributed by atoms with Crippen molar-refractivity contribution in [2.45, 2.75) is 25.4 Å². The highest BCUT2D eigenvalue weighted by atomic mass is 32.1. The van der Waals surface area contributed by atoms with Crippen LogP contribution in [0.2, 0.25) is 0 Å². The van der Waals surface area contributed by atoms with E-state index in [4.69, 9.17) is 5.11 Å². The lowest BCUT2D eigenvalue weighted by Crippen LogP contribution is -2.33. The topological polar surface area (TPSA) is 53.4 Å². The zero-order valence-corrected chi connectivity index (χ0v) is 12.7. The predicted octanol–water partition coefficient (Wildman–Crippen LogP) is 1.88. The number of rotatable bonds is 5. The summed E-state index contributed by atoms with van der Waals surface area (Å²) < 4.78 is 36.5. The van der Waals surface area contributed by atoms with E-state index in [0.29, 0.717) is 41.5 Å². The second kappa shape index (κ2) is 5.81. The summed E-state index contributed by atoms with van der Waals surface area (Å²) in [5.41, 5.74) is 0.548. The molecule has 3 rings (SSSR count). The molecule has 2 aliphatic rings. The van der Waals surface area contributed by atoms with E-state index in [2.05, 4.69) is 4.98 Å². The monoisotopic (exact) mass is 334 g/mol. The van der Waals surface area contributed by atoms with Crippen molar-refractivity contribution in [2.24, 2.45) is 17.8 Å². The highest BCUT2D eigenvalue weighted by Gasteiger charge is 2.55. The van der Waals surface area contributed by atoms with Crippen LogP contribution in [0.1, 0.15) is 17.1 Å². The molecule has 1 aliphatic heterocycles. The lowest BCUT2D eigenvalue weighted by molar-refractivity contribution is -0.134. The molecule has 1 aromatic rings. The van der Waals surface area contributed by atoms with Gasteiger partial charge in [-0.15, -0.1) is 11.3 Å². The van der Waals surface area contributed by atoms with Crippen LogP contribution < -0.4 is 0 Å². The molecule has 2 heterocycles. The Labute approximate surface area is 130 Å². The molecule has 1 aromatic heterocycles. The van der Waals surface area contributed by atoms with Gasteiger partial charge in [0.1, 0.15) is 0 Å². The van der Waals surface area contributed by atoms with E-state index in [1.54, 1.807) is 10.3 Å². The van der Waals surface area contributed by atoms with Gasteiger partial charge in [-0.25, -0.2) is 4.98 Å². The molecular formula is C14H17F3N2O2S. The number of carbonyl (C=O) groups is 1. The molecular weight excluding hydrogens is 317 g/mol. The van der Waals surface area contributed by atoms with Crippen LogP contribution in [0.3, 0.4) is 0 Å². The van der Waals surface area contributed by atoms with Gasteiger partial charge < -0.3 is 10.0 Å². The quantitative estimate of drug-likeness (QED) is 0.894. The molecule has 1 unspecified atom stereocenters. The molecule has 122 valence electrons. The fraction of sp³-hybridized carbons (Fsp3) is 0.714. The third kappa shape index (κ3) is 3.43. The highest BCUT2D eigenvalue weighted by molar-refractivity contribution is 7.09. The molecule has 1 saturated heterocycles. The van der Waals surface area contributed by atoms with E-state index in [9.17, 15) is 18.0 Å². The van der Waals surface area contributed by atoms with Crippen molar-refractivity contribution in [1.29, 1.82) is 0 Å². The van der Waals surface area contributed by atoms with E-state index in [-0.39, 0.29) is 25.4 Å². The first-order valence-corrected chi connectivity index (χ1v) is 8.14. The average molecular weight is 334 g/mol. The van der Waals surface area contributed by atoms with Gasteiger partial charge in [0, 0.05) is 37.9 Å². The van der Waals surface area contributed by atoms with Gasteiger partial charge in [-0.1, -0.05) is 0 Å². The Morgan fingerprint density at radius 1 is 1.41 bits per heavy atom. The van der Waals surface area contributed by atoms with Crippen molar-refractivity contribution >= 4 is 17.2 Å². The van der Waals surface area contributed by atoms with Crippen LogP contribution in [-0.2, 0) is 17.6 Å². The Morgan fingerprint density at radius 2 is 2.09 bits per heavy atom. The summed E-state index contributed by atoms with van der Waals surface area (Å²) >= 11 is 1.17. The summed E-state index contributed by atoms with van der Waals surface area (Å²) in [5, 5.41) is 11.2. The average Bonchev–Trinajstić information content (AvgIpc) is 2.83. The Bertz CT molecular complexity index is 549. The van der Waals surface area contributed by atoms with Gasteiger partial charge in [0.15, 0.2) is 0 Å². The fourth-order valence-electron chi connectivity index (χ4n) is 3.18. The number of aliphatic hydroxyl groups excluding tert-OH is 1. The second-order valence-electron chi connectivity index (χ2n) is 6.00. The summed E-state index contributed by atoms with van der Waals surface area (Å²) in [5.74, 6) is 1.16. The number of hydrogen-bond acceptors (Lipinski definition) is 4. The number of carbonyl (C=O) groups excluding carboxylic acids is 1. The minimum Gasteiger partial charge on any atom is -0.396 e. The van der Waals surface area contributed by atoms with Gasteiger partial charge >= 0.3 is 6.18 Å². The summed E-state index contributed by atoms with van der Waals surface area (Å²) in [6.45, 7) is 1.55. The van der Waals surface area contributed by atoms with Crippen LogP contribution in [0.4, 0.5) is 13.2 Å². The highest BCUT2D eigenvalue weighted by Crippen LogP contribution is 2.51. The molecule has 2 fully saturated rings. The molecule has 4 nitrogen and oxygen atoms in total. The van der Waals surface area contributed by atoms with Gasteiger partial charge in [-0.2, -0.15) is 13.2 Å². The van der Waals surface area contributed by atoms with Gasteiger partial charge in [-0.3, -0.25) is 4.79 Å². The Kier molecular flexibility index (Phi) is 4.15. The zero-order valence-electron chi connectivity index (χ0n) is 11.8. The maximum atomic E-state index is 12.2. The Hall–Kier alpha value is -1.15. The molecule has 1 aliphatic carbocycles. The first-order chi connectivity index (χ1) is 10.4. The van der Waals surface area contributed by atoms with Crippen LogP contribution >= 0.6 is 11.3 Å². The molecule has 1 amide bonds. The Balaban J connectivity index is 1.48. The number of aliphatic hydroxyl groups is 1. The van der Waals surface area contributed by atoms with Crippen LogP contribution in [0, 0.1) is 17.8 Å². The van der Waals surface area contributed by atoms with E-state index in [1.807, 2.05) is 0 Å². The van der Waals surface area contributed by atoms with Crippen LogP contribution in [0.15, 0.2) is 5.38 Å². The number of thiazole rings is 1. The summed E-state index contributed by atoms with van der Waals surface area (Å²) in [4.78, 5) is 18.0. The maximum Gasteiger partial charge on any atom is 0.389 e. The third-order valence-corrected chi connectivity index (χ3v) is 5.45. The van der Waals surface area contributed by atoms with Crippen molar-refractivity contribution in [3.8, 4) is 0 Å². The number of halogens is 3. The number of hydrogen-bond donors (Lipinski definition) is 1. The summed E-state index contributed by atoms with van der Waals surface area (Å²) in [7, 11) is 0. The fourth-order valence-corrected chi connectivity index (χ4v) is 3.98. The van der Waals surface area contributed by atoms with Gasteiger partial charge in [0.2, 0.25) is 5.91 Å². The largest absolute Gasteiger partial charge is 0.396 e. The van der Waals surface area contributed by atoms with E-state index >= 15 is 0 Å². The van der Waals surface area contributed by atoms with Crippen molar-refractivity contribution in [3.05, 3.63) is 16.1 Å². The number of nitrogens with zero attached hydrogens (tertiary/aromatic N) is 2. The van der Waals surface area contributed by atoms with E-state index in [0.717, 1.165) is 0 Å². The first kappa shape index (κ1) is 15.7. The molecule has 0 radical (unpaired) electrons. The zero-order chi connectivity index (χ0) is 15.9. The minimum absolute atomic E-state index is 0.0310. The molecule has 22 heavy (non-hydrogen) atoms. The number of amides is 1. The number of fused-ring (bicyclic) bond motifs is 1. The number of aryl methyl sites for hydroxylation is 1. The molecule has 3 atom stereocenters. The van der Waals surface area contributed by atoms with Crippen molar-refractivity contribution in [3.63, 3.8) is 0 Å². The maximum absolute atomic E-state index is 12.2. The van der Waals surface area contributed by atoms with Crippen LogP contribution in [0.5, 0.6) is 0 Å². The normalized spacial score (nSPS) is 27.1. The molecule has 0 bridgehead atoms. The lowest BCUT2D eigenvalue weighted by atomic mass is 10.2. The molecule has 8 heteroatoms. The van der Waals surface area contributed by atoms with Crippen molar-refractivity contribution < 1.29 is 23.1 Å². The van der Waals surface area contributed by atoms with Gasteiger partial charge in [0.25, 0.3) is 0 Å². The number of piperidine rings is 1. The van der Waals surface area contributed by atoms with Gasteiger partial charge in [0.05, 0.1) is 17.1 Å². The van der Waals surface area contributed by atoms with Crippen LogP contribution in [-0.4, -0.2) is 46.8 Å². The SMILES string of the molecule is O=C(Cc1csc(CCC(F)(F)F)n1)N1C[C@@H]2C(CO)[C@@H]2C1. The third-order valence-electron chi connectivity index (χ3n) is 4.49. The van der Waals surface area contributed by atoms with E-state index in [1.165, 1.54) is 11.3 Å². The second-order valence-corrected chi connectivity index (χ2v) is 6.94. The first-order valence-electron chi connectivity index (χ1n) is 7.26. The smallest absolute Gasteiger partial charge is 0.389 e. The van der Waals surface area contributed by atoms with Crippen molar-refractivity contribution in [1.82, 2.24) is 9.88 Å². The summed E-state index contributed by atoms with van der Waals surface area (Å²) in [6, 6.07) is 0. The summed E-state index contributed by atoms with van der Waals surface area (Å²) in [6.07, 6.45) is -5.05. The van der Waals surface area contributed by atoms with E-state index < -0.39 is 12.6 Å². The number of likely N-dealkylation sites (tertiary alicyclic amines) is 1.